The lowest BCUT2D eigenvalue weighted by atomic mass is 9.97. The average Bonchev–Trinajstić information content (AvgIpc) is 2.61. The number of halogens is 1. The van der Waals surface area contributed by atoms with Crippen LogP contribution in [0.25, 0.3) is 0 Å². The van der Waals surface area contributed by atoms with E-state index in [1.807, 2.05) is 13.8 Å². The molecule has 96 valence electrons. The molecular formula is C10H13ClO4S2. The maximum absolute atomic E-state index is 11.2. The topological polar surface area (TPSA) is 71.4 Å². The van der Waals surface area contributed by atoms with Crippen LogP contribution in [0.5, 0.6) is 0 Å². The van der Waals surface area contributed by atoms with E-state index in [-0.39, 0.29) is 15.0 Å². The normalized spacial score (nSPS) is 13.6. The molecule has 1 aromatic rings. The molecule has 1 heterocycles. The number of aromatic carboxylic acids is 1. The van der Waals surface area contributed by atoms with E-state index in [0.717, 1.165) is 12.8 Å². The number of hydrogen-bond donors (Lipinski definition) is 1. The van der Waals surface area contributed by atoms with Crippen LogP contribution in [-0.2, 0) is 9.05 Å². The van der Waals surface area contributed by atoms with Gasteiger partial charge in [0, 0.05) is 10.7 Å². The first-order chi connectivity index (χ1) is 7.77. The van der Waals surface area contributed by atoms with Crippen molar-refractivity contribution >= 4 is 37.0 Å². The highest BCUT2D eigenvalue weighted by Gasteiger charge is 2.24. The monoisotopic (exact) mass is 296 g/mol. The maximum Gasteiger partial charge on any atom is 0.346 e. The molecule has 1 atom stereocenters. The van der Waals surface area contributed by atoms with Crippen LogP contribution in [0.1, 0.15) is 47.8 Å². The zero-order valence-corrected chi connectivity index (χ0v) is 11.8. The molecule has 0 aliphatic carbocycles. The Morgan fingerprint density at radius 1 is 1.59 bits per heavy atom. The van der Waals surface area contributed by atoms with Crippen molar-refractivity contribution in [3.05, 3.63) is 16.5 Å². The van der Waals surface area contributed by atoms with Crippen LogP contribution < -0.4 is 0 Å². The van der Waals surface area contributed by atoms with Crippen molar-refractivity contribution in [1.82, 2.24) is 0 Å². The van der Waals surface area contributed by atoms with E-state index in [1.165, 1.54) is 6.07 Å². The molecule has 1 rings (SSSR count). The van der Waals surface area contributed by atoms with E-state index in [1.54, 1.807) is 0 Å². The van der Waals surface area contributed by atoms with Gasteiger partial charge in [0.05, 0.1) is 0 Å². The van der Waals surface area contributed by atoms with Crippen molar-refractivity contribution in [1.29, 1.82) is 0 Å². The van der Waals surface area contributed by atoms with E-state index < -0.39 is 15.0 Å². The number of carbonyl (C=O) groups is 1. The molecule has 0 aromatic carbocycles. The predicted molar refractivity (Wildman–Crippen MR) is 67.6 cm³/mol. The highest BCUT2D eigenvalue weighted by atomic mass is 35.7. The summed E-state index contributed by atoms with van der Waals surface area (Å²) in [6.07, 6.45) is 1.71. The third kappa shape index (κ3) is 3.43. The van der Waals surface area contributed by atoms with Gasteiger partial charge in [0.1, 0.15) is 9.09 Å². The number of hydrogen-bond acceptors (Lipinski definition) is 4. The van der Waals surface area contributed by atoms with E-state index >= 15 is 0 Å². The van der Waals surface area contributed by atoms with Gasteiger partial charge in [-0.15, -0.1) is 11.3 Å². The molecule has 0 bridgehead atoms. The van der Waals surface area contributed by atoms with E-state index in [9.17, 15) is 13.2 Å². The fourth-order valence-corrected chi connectivity index (χ4v) is 3.81. The quantitative estimate of drug-likeness (QED) is 0.846. The van der Waals surface area contributed by atoms with Crippen LogP contribution in [0.4, 0.5) is 0 Å². The second-order valence-electron chi connectivity index (χ2n) is 3.78. The molecule has 0 fully saturated rings. The van der Waals surface area contributed by atoms with Crippen molar-refractivity contribution in [3.63, 3.8) is 0 Å². The molecule has 0 aliphatic heterocycles. The van der Waals surface area contributed by atoms with E-state index in [4.69, 9.17) is 15.8 Å². The molecule has 7 heteroatoms. The Bertz CT molecular complexity index is 518. The number of rotatable bonds is 5. The SMILES string of the molecule is CCCC(C)c1cc(S(=O)(=O)Cl)sc1C(=O)O. The van der Waals surface area contributed by atoms with Gasteiger partial charge in [0.15, 0.2) is 0 Å². The van der Waals surface area contributed by atoms with Crippen LogP contribution in [0, 0.1) is 0 Å². The van der Waals surface area contributed by atoms with Gasteiger partial charge >= 0.3 is 5.97 Å². The highest BCUT2D eigenvalue weighted by Crippen LogP contribution is 2.34. The molecular weight excluding hydrogens is 284 g/mol. The summed E-state index contributed by atoms with van der Waals surface area (Å²) in [4.78, 5) is 11.1. The molecule has 1 unspecified atom stereocenters. The first-order valence-electron chi connectivity index (χ1n) is 5.09. The van der Waals surface area contributed by atoms with Crippen molar-refractivity contribution in [2.24, 2.45) is 0 Å². The fraction of sp³-hybridized carbons (Fsp3) is 0.500. The Balaban J connectivity index is 3.28. The highest BCUT2D eigenvalue weighted by molar-refractivity contribution is 8.15. The van der Waals surface area contributed by atoms with Crippen LogP contribution >= 0.6 is 22.0 Å². The minimum absolute atomic E-state index is 0.00881. The van der Waals surface area contributed by atoms with Crippen molar-refractivity contribution in [2.75, 3.05) is 0 Å². The molecule has 0 amide bonds. The van der Waals surface area contributed by atoms with Crippen LogP contribution in [-0.4, -0.2) is 19.5 Å². The molecule has 4 nitrogen and oxygen atoms in total. The first kappa shape index (κ1) is 14.5. The Morgan fingerprint density at radius 3 is 2.59 bits per heavy atom. The lowest BCUT2D eigenvalue weighted by molar-refractivity contribution is 0.0700. The Kier molecular flexibility index (Phi) is 4.57. The molecule has 17 heavy (non-hydrogen) atoms. The standard InChI is InChI=1S/C10H13ClO4S2/c1-3-4-6(2)7-5-8(17(11,14)15)16-9(7)10(12)13/h5-6H,3-4H2,1-2H3,(H,12,13). The lowest BCUT2D eigenvalue weighted by Crippen LogP contribution is -2.00. The van der Waals surface area contributed by atoms with E-state index in [0.29, 0.717) is 16.9 Å². The summed E-state index contributed by atoms with van der Waals surface area (Å²) in [6, 6.07) is 1.37. The van der Waals surface area contributed by atoms with Gasteiger partial charge in [-0.3, -0.25) is 0 Å². The number of carboxylic acids is 1. The fourth-order valence-electron chi connectivity index (χ4n) is 1.62. The van der Waals surface area contributed by atoms with Crippen LogP contribution in [0.3, 0.4) is 0 Å². The van der Waals surface area contributed by atoms with Gasteiger partial charge < -0.3 is 5.11 Å². The Labute approximate surface area is 109 Å². The van der Waals surface area contributed by atoms with Crippen molar-refractivity contribution in [2.45, 2.75) is 36.8 Å². The van der Waals surface area contributed by atoms with Crippen LogP contribution in [0.15, 0.2) is 10.3 Å². The molecule has 0 radical (unpaired) electrons. The molecule has 0 aliphatic rings. The zero-order valence-electron chi connectivity index (χ0n) is 9.44. The summed E-state index contributed by atoms with van der Waals surface area (Å²) in [6.45, 7) is 3.87. The number of carboxylic acid groups (broad SMARTS) is 1. The summed E-state index contributed by atoms with van der Waals surface area (Å²) in [5.41, 5.74) is 0.545. The second kappa shape index (κ2) is 5.37. The zero-order chi connectivity index (χ0) is 13.2. The van der Waals surface area contributed by atoms with Crippen molar-refractivity contribution < 1.29 is 18.3 Å². The molecule has 0 saturated carbocycles. The van der Waals surface area contributed by atoms with Gasteiger partial charge in [-0.25, -0.2) is 13.2 Å². The van der Waals surface area contributed by atoms with E-state index in [2.05, 4.69) is 0 Å². The summed E-state index contributed by atoms with van der Waals surface area (Å²) >= 11 is 0.709. The van der Waals surface area contributed by atoms with Gasteiger partial charge in [0.2, 0.25) is 0 Å². The lowest BCUT2D eigenvalue weighted by Gasteiger charge is -2.08. The minimum Gasteiger partial charge on any atom is -0.477 e. The average molecular weight is 297 g/mol. The molecule has 0 spiro atoms. The Morgan fingerprint density at radius 2 is 2.18 bits per heavy atom. The largest absolute Gasteiger partial charge is 0.477 e. The molecule has 0 saturated heterocycles. The predicted octanol–water partition coefficient (Wildman–Crippen LogP) is 3.28. The molecule has 1 aromatic heterocycles. The first-order valence-corrected chi connectivity index (χ1v) is 8.21. The second-order valence-corrected chi connectivity index (χ2v) is 7.63. The maximum atomic E-state index is 11.2. The molecule has 1 N–H and O–H groups in total. The summed E-state index contributed by atoms with van der Waals surface area (Å²) in [7, 11) is 1.36. The van der Waals surface area contributed by atoms with Gasteiger partial charge in [-0.1, -0.05) is 20.3 Å². The Hall–Kier alpha value is -0.590. The van der Waals surface area contributed by atoms with Crippen molar-refractivity contribution in [3.8, 4) is 0 Å². The van der Waals surface area contributed by atoms with Gasteiger partial charge in [0.25, 0.3) is 9.05 Å². The third-order valence-corrected chi connectivity index (χ3v) is 5.64. The summed E-state index contributed by atoms with van der Waals surface area (Å²) in [5, 5.41) is 9.03. The third-order valence-electron chi connectivity index (χ3n) is 2.43. The summed E-state index contributed by atoms with van der Waals surface area (Å²) in [5.74, 6) is -1.10. The number of thiophene rings is 1. The van der Waals surface area contributed by atoms with Gasteiger partial charge in [-0.2, -0.15) is 0 Å². The smallest absolute Gasteiger partial charge is 0.346 e. The summed E-state index contributed by atoms with van der Waals surface area (Å²) < 4.78 is 22.3. The van der Waals surface area contributed by atoms with Gasteiger partial charge in [-0.05, 0) is 24.0 Å². The van der Waals surface area contributed by atoms with Crippen LogP contribution in [0.2, 0.25) is 0 Å². The minimum atomic E-state index is -3.86.